The maximum Gasteiger partial charge on any atom is 0.316 e. The first-order chi connectivity index (χ1) is 15.6. The van der Waals surface area contributed by atoms with E-state index < -0.39 is 20.9 Å². The molecule has 0 bridgehead atoms. The maximum absolute atomic E-state index is 13.2. The average Bonchev–Trinajstić information content (AvgIpc) is 2.79. The van der Waals surface area contributed by atoms with Crippen molar-refractivity contribution in [1.29, 1.82) is 0 Å². The lowest BCUT2D eigenvalue weighted by Crippen LogP contribution is -2.48. The first kappa shape index (κ1) is 25.0. The zero-order chi connectivity index (χ0) is 24.2. The fourth-order valence-electron chi connectivity index (χ4n) is 3.64. The summed E-state index contributed by atoms with van der Waals surface area (Å²) in [6.07, 6.45) is 0. The van der Waals surface area contributed by atoms with Crippen LogP contribution < -0.4 is 4.90 Å². The van der Waals surface area contributed by atoms with Gasteiger partial charge in [0.2, 0.25) is 10.0 Å². The Morgan fingerprint density at radius 3 is 2.45 bits per heavy atom. The molecule has 3 rings (SSSR count). The summed E-state index contributed by atoms with van der Waals surface area (Å²) in [5.41, 5.74) is 3.01. The van der Waals surface area contributed by atoms with Gasteiger partial charge in [-0.25, -0.2) is 8.42 Å². The van der Waals surface area contributed by atoms with Crippen molar-refractivity contribution in [2.45, 2.75) is 30.6 Å². The van der Waals surface area contributed by atoms with Crippen molar-refractivity contribution < 1.29 is 22.9 Å². The molecule has 9 nitrogen and oxygen atoms in total. The van der Waals surface area contributed by atoms with Gasteiger partial charge >= 0.3 is 5.97 Å². The highest BCUT2D eigenvalue weighted by molar-refractivity contribution is 8.00. The average molecular weight is 494 g/mol. The van der Waals surface area contributed by atoms with Gasteiger partial charge in [-0.05, 0) is 50.1 Å². The van der Waals surface area contributed by atoms with E-state index in [2.05, 4.69) is 17.0 Å². The Morgan fingerprint density at radius 2 is 1.82 bits per heavy atom. The summed E-state index contributed by atoms with van der Waals surface area (Å²) in [5.74, 6) is -0.587. The molecule has 1 fully saturated rings. The SMILES string of the molecule is CCOC(=O)CSc1ccc(S(=O)(=O)N2CCN(c3cc(C)ccc3C)CC2)cc1[N+](=O)[O-]. The number of carbonyl (C=O) groups is 1. The van der Waals surface area contributed by atoms with E-state index in [0.29, 0.717) is 13.1 Å². The van der Waals surface area contributed by atoms with Crippen LogP contribution in [0.15, 0.2) is 46.2 Å². The molecule has 0 atom stereocenters. The zero-order valence-electron chi connectivity index (χ0n) is 18.8. The van der Waals surface area contributed by atoms with E-state index >= 15 is 0 Å². The van der Waals surface area contributed by atoms with Crippen LogP contribution in [-0.2, 0) is 19.6 Å². The van der Waals surface area contributed by atoms with E-state index in [1.165, 1.54) is 16.4 Å². The highest BCUT2D eigenvalue weighted by Crippen LogP contribution is 2.33. The largest absolute Gasteiger partial charge is 0.465 e. The standard InChI is InChI=1S/C22H27N3O6S2/c1-4-31-22(26)15-32-21-8-7-18(14-20(21)25(27)28)33(29,30)24-11-9-23(10-12-24)19-13-16(2)5-6-17(19)3/h5-8,13-14H,4,9-12,15H2,1-3H3. The molecule has 0 aliphatic carbocycles. The topological polar surface area (TPSA) is 110 Å². The molecule has 2 aromatic carbocycles. The minimum absolute atomic E-state index is 0.0961. The van der Waals surface area contributed by atoms with Gasteiger partial charge in [0.15, 0.2) is 0 Å². The number of carbonyl (C=O) groups excluding carboxylic acids is 1. The Balaban J connectivity index is 1.76. The highest BCUT2D eigenvalue weighted by Gasteiger charge is 2.31. The Labute approximate surface area is 197 Å². The smallest absolute Gasteiger partial charge is 0.316 e. The third-order valence-corrected chi connectivity index (χ3v) is 8.29. The fraction of sp³-hybridized carbons (Fsp3) is 0.409. The van der Waals surface area contributed by atoms with E-state index in [-0.39, 0.29) is 40.9 Å². The lowest BCUT2D eigenvalue weighted by molar-refractivity contribution is -0.388. The van der Waals surface area contributed by atoms with Crippen LogP contribution in [0.5, 0.6) is 0 Å². The van der Waals surface area contributed by atoms with E-state index in [4.69, 9.17) is 4.74 Å². The number of sulfonamides is 1. The fourth-order valence-corrected chi connectivity index (χ4v) is 5.89. The molecule has 1 saturated heterocycles. The normalized spacial score (nSPS) is 14.8. The van der Waals surface area contributed by atoms with Gasteiger partial charge in [0.1, 0.15) is 0 Å². The van der Waals surface area contributed by atoms with Crippen molar-refractivity contribution in [1.82, 2.24) is 4.31 Å². The molecule has 0 unspecified atom stereocenters. The monoisotopic (exact) mass is 493 g/mol. The van der Waals surface area contributed by atoms with Crippen molar-refractivity contribution in [3.05, 3.63) is 57.6 Å². The van der Waals surface area contributed by atoms with Crippen molar-refractivity contribution in [2.24, 2.45) is 0 Å². The summed E-state index contributed by atoms with van der Waals surface area (Å²) in [6.45, 7) is 7.55. The van der Waals surface area contributed by atoms with Gasteiger partial charge in [0.05, 0.1) is 27.1 Å². The number of esters is 1. The molecule has 178 valence electrons. The lowest BCUT2D eigenvalue weighted by atomic mass is 10.1. The van der Waals surface area contributed by atoms with Crippen LogP contribution in [0, 0.1) is 24.0 Å². The van der Waals surface area contributed by atoms with Crippen LogP contribution in [0.1, 0.15) is 18.1 Å². The molecule has 2 aromatic rings. The molecule has 0 amide bonds. The number of thioether (sulfide) groups is 1. The summed E-state index contributed by atoms with van der Waals surface area (Å²) < 4.78 is 32.6. The molecular weight excluding hydrogens is 466 g/mol. The van der Waals surface area contributed by atoms with Crippen LogP contribution in [0.25, 0.3) is 0 Å². The summed E-state index contributed by atoms with van der Waals surface area (Å²) in [5, 5.41) is 11.6. The minimum atomic E-state index is -3.90. The highest BCUT2D eigenvalue weighted by atomic mass is 32.2. The van der Waals surface area contributed by atoms with Crippen molar-refractivity contribution in [3.8, 4) is 0 Å². The second-order valence-electron chi connectivity index (χ2n) is 7.66. The van der Waals surface area contributed by atoms with Gasteiger partial charge in [-0.3, -0.25) is 14.9 Å². The molecule has 0 radical (unpaired) electrons. The summed E-state index contributed by atoms with van der Waals surface area (Å²) in [4.78, 5) is 24.8. The third kappa shape index (κ3) is 5.84. The van der Waals surface area contributed by atoms with Crippen LogP contribution >= 0.6 is 11.8 Å². The number of hydrogen-bond donors (Lipinski definition) is 0. The Bertz CT molecular complexity index is 1140. The minimum Gasteiger partial charge on any atom is -0.465 e. The van der Waals surface area contributed by atoms with Gasteiger partial charge < -0.3 is 9.64 Å². The van der Waals surface area contributed by atoms with E-state index in [9.17, 15) is 23.3 Å². The molecule has 0 spiro atoms. The number of rotatable bonds is 8. The molecule has 1 aliphatic heterocycles. The van der Waals surface area contributed by atoms with Gasteiger partial charge in [-0.15, -0.1) is 11.8 Å². The number of benzene rings is 2. The molecule has 11 heteroatoms. The molecular formula is C22H27N3O6S2. The number of hydrogen-bond acceptors (Lipinski definition) is 8. The van der Waals surface area contributed by atoms with Gasteiger partial charge in [-0.2, -0.15) is 4.31 Å². The molecule has 0 N–H and O–H groups in total. The predicted octanol–water partition coefficient (Wildman–Crippen LogP) is 3.38. The second-order valence-corrected chi connectivity index (χ2v) is 10.6. The molecule has 0 aromatic heterocycles. The molecule has 1 aliphatic rings. The molecule has 33 heavy (non-hydrogen) atoms. The van der Waals surface area contributed by atoms with Crippen molar-refractivity contribution in [2.75, 3.05) is 43.4 Å². The summed E-state index contributed by atoms with van der Waals surface area (Å²) in [6, 6.07) is 9.99. The third-order valence-electron chi connectivity index (χ3n) is 5.36. The summed E-state index contributed by atoms with van der Waals surface area (Å²) >= 11 is 0.947. The van der Waals surface area contributed by atoms with Gasteiger partial charge in [0, 0.05) is 37.9 Å². The number of nitro groups is 1. The Hall–Kier alpha value is -2.63. The first-order valence-electron chi connectivity index (χ1n) is 10.5. The van der Waals surface area contributed by atoms with Crippen molar-refractivity contribution >= 4 is 39.1 Å². The number of ether oxygens (including phenoxy) is 1. The quantitative estimate of drug-likeness (QED) is 0.238. The zero-order valence-corrected chi connectivity index (χ0v) is 20.4. The van der Waals surface area contributed by atoms with E-state index in [0.717, 1.165) is 34.6 Å². The number of nitrogens with zero attached hydrogens (tertiary/aromatic N) is 3. The van der Waals surface area contributed by atoms with Crippen LogP contribution in [-0.4, -0.2) is 62.2 Å². The van der Waals surface area contributed by atoms with Crippen LogP contribution in [0.2, 0.25) is 0 Å². The van der Waals surface area contributed by atoms with Crippen LogP contribution in [0.4, 0.5) is 11.4 Å². The van der Waals surface area contributed by atoms with Gasteiger partial charge in [0.25, 0.3) is 5.69 Å². The Kier molecular flexibility index (Phi) is 7.98. The molecule has 0 saturated carbocycles. The number of anilines is 1. The maximum atomic E-state index is 13.2. The Morgan fingerprint density at radius 1 is 1.12 bits per heavy atom. The number of nitro benzene ring substituents is 1. The van der Waals surface area contributed by atoms with Crippen LogP contribution in [0.3, 0.4) is 0 Å². The second kappa shape index (κ2) is 10.5. The number of piperazine rings is 1. The van der Waals surface area contributed by atoms with Crippen molar-refractivity contribution in [3.63, 3.8) is 0 Å². The lowest BCUT2D eigenvalue weighted by Gasteiger charge is -2.36. The van der Waals surface area contributed by atoms with E-state index in [1.54, 1.807) is 6.92 Å². The first-order valence-corrected chi connectivity index (χ1v) is 12.9. The predicted molar refractivity (Wildman–Crippen MR) is 127 cm³/mol. The summed E-state index contributed by atoms with van der Waals surface area (Å²) in [7, 11) is -3.90. The number of aryl methyl sites for hydroxylation is 2. The van der Waals surface area contributed by atoms with Gasteiger partial charge in [-0.1, -0.05) is 12.1 Å². The van der Waals surface area contributed by atoms with E-state index in [1.807, 2.05) is 19.9 Å². The molecule has 1 heterocycles.